The van der Waals surface area contributed by atoms with Crippen molar-refractivity contribution in [3.8, 4) is 11.8 Å². The summed E-state index contributed by atoms with van der Waals surface area (Å²) in [4.78, 5) is 0. The van der Waals surface area contributed by atoms with Crippen LogP contribution in [0, 0.1) is 16.7 Å². The van der Waals surface area contributed by atoms with Crippen LogP contribution in [0.15, 0.2) is 24.3 Å². The van der Waals surface area contributed by atoms with E-state index in [1.807, 2.05) is 12.1 Å². The standard InChI is InChI=1S/C15H17NO/c1-15(2)8-6-11-4-5-12(17-3)10-13(11)14(15)7-9-16/h4-5,7,10H,6,8H2,1-3H3/b14-7-. The molecule has 0 saturated heterocycles. The van der Waals surface area contributed by atoms with Crippen LogP contribution in [0.1, 0.15) is 31.4 Å². The zero-order chi connectivity index (χ0) is 12.5. The highest BCUT2D eigenvalue weighted by atomic mass is 16.5. The molecule has 0 unspecified atom stereocenters. The highest BCUT2D eigenvalue weighted by molar-refractivity contribution is 5.76. The number of allylic oxidation sites excluding steroid dienone is 2. The first kappa shape index (κ1) is 11.7. The van der Waals surface area contributed by atoms with Gasteiger partial charge in [0.05, 0.1) is 13.2 Å². The Balaban J connectivity index is 2.60. The topological polar surface area (TPSA) is 33.0 Å². The molecule has 1 aliphatic carbocycles. The molecule has 2 nitrogen and oxygen atoms in total. The van der Waals surface area contributed by atoms with Crippen LogP contribution >= 0.6 is 0 Å². The molecule has 0 aromatic heterocycles. The van der Waals surface area contributed by atoms with Gasteiger partial charge in [-0.1, -0.05) is 19.9 Å². The minimum Gasteiger partial charge on any atom is -0.497 e. The lowest BCUT2D eigenvalue weighted by molar-refractivity contribution is 0.411. The number of hydrogen-bond donors (Lipinski definition) is 0. The van der Waals surface area contributed by atoms with Gasteiger partial charge in [-0.25, -0.2) is 0 Å². The van der Waals surface area contributed by atoms with Crippen molar-refractivity contribution in [2.75, 3.05) is 7.11 Å². The molecule has 0 radical (unpaired) electrons. The van der Waals surface area contributed by atoms with Gasteiger partial charge in [-0.3, -0.25) is 0 Å². The van der Waals surface area contributed by atoms with E-state index >= 15 is 0 Å². The van der Waals surface area contributed by atoms with Crippen LogP contribution in [-0.2, 0) is 6.42 Å². The van der Waals surface area contributed by atoms with Crippen molar-refractivity contribution in [2.45, 2.75) is 26.7 Å². The Labute approximate surface area is 103 Å². The van der Waals surface area contributed by atoms with Crippen molar-refractivity contribution in [1.29, 1.82) is 5.26 Å². The highest BCUT2D eigenvalue weighted by Gasteiger charge is 2.30. The van der Waals surface area contributed by atoms with Gasteiger partial charge < -0.3 is 4.74 Å². The molecular formula is C15H17NO. The second-order valence-corrected chi connectivity index (χ2v) is 5.09. The van der Waals surface area contributed by atoms with Gasteiger partial charge in [0.1, 0.15) is 5.75 Å². The summed E-state index contributed by atoms with van der Waals surface area (Å²) >= 11 is 0. The number of ether oxygens (including phenoxy) is 1. The van der Waals surface area contributed by atoms with E-state index in [0.29, 0.717) is 0 Å². The SMILES string of the molecule is COc1ccc2c(c1)/C(=C/C#N)C(C)(C)CC2. The molecule has 88 valence electrons. The number of nitrogens with zero attached hydrogens (tertiary/aromatic N) is 1. The van der Waals surface area contributed by atoms with Gasteiger partial charge >= 0.3 is 0 Å². The van der Waals surface area contributed by atoms with Crippen LogP contribution in [0.5, 0.6) is 5.75 Å². The van der Waals surface area contributed by atoms with E-state index in [4.69, 9.17) is 10.00 Å². The number of aryl methyl sites for hydroxylation is 1. The molecule has 0 N–H and O–H groups in total. The third-order valence-electron chi connectivity index (χ3n) is 3.56. The summed E-state index contributed by atoms with van der Waals surface area (Å²) in [5.41, 5.74) is 3.67. The Morgan fingerprint density at radius 2 is 2.18 bits per heavy atom. The molecule has 0 saturated carbocycles. The molecule has 0 atom stereocenters. The highest BCUT2D eigenvalue weighted by Crippen LogP contribution is 2.45. The first-order chi connectivity index (χ1) is 8.08. The van der Waals surface area contributed by atoms with Crippen molar-refractivity contribution in [3.05, 3.63) is 35.4 Å². The van der Waals surface area contributed by atoms with Gasteiger partial charge in [0.25, 0.3) is 0 Å². The second kappa shape index (κ2) is 4.25. The number of nitriles is 1. The first-order valence-electron chi connectivity index (χ1n) is 5.86. The Hall–Kier alpha value is -1.75. The lowest BCUT2D eigenvalue weighted by atomic mass is 9.70. The van der Waals surface area contributed by atoms with E-state index in [0.717, 1.165) is 24.2 Å². The van der Waals surface area contributed by atoms with Gasteiger partial charge in [0.15, 0.2) is 0 Å². The molecule has 17 heavy (non-hydrogen) atoms. The Kier molecular flexibility index (Phi) is 2.93. The Morgan fingerprint density at radius 1 is 1.41 bits per heavy atom. The normalized spacial score (nSPS) is 19.5. The maximum atomic E-state index is 8.95. The fraction of sp³-hybridized carbons (Fsp3) is 0.400. The van der Waals surface area contributed by atoms with Gasteiger partial charge in [-0.2, -0.15) is 5.26 Å². The van der Waals surface area contributed by atoms with E-state index in [2.05, 4.69) is 26.0 Å². The number of rotatable bonds is 1. The molecule has 0 amide bonds. The maximum absolute atomic E-state index is 8.95. The van der Waals surface area contributed by atoms with Crippen molar-refractivity contribution < 1.29 is 4.74 Å². The largest absolute Gasteiger partial charge is 0.497 e. The van der Waals surface area contributed by atoms with E-state index < -0.39 is 0 Å². The summed E-state index contributed by atoms with van der Waals surface area (Å²) in [5.74, 6) is 0.852. The van der Waals surface area contributed by atoms with Gasteiger partial charge in [0.2, 0.25) is 0 Å². The van der Waals surface area contributed by atoms with Crippen LogP contribution in [0.3, 0.4) is 0 Å². The molecule has 1 aromatic rings. The minimum absolute atomic E-state index is 0.0646. The third kappa shape index (κ3) is 2.06. The molecule has 0 fully saturated rings. The van der Waals surface area contributed by atoms with Crippen LogP contribution in [0.4, 0.5) is 0 Å². The minimum atomic E-state index is 0.0646. The molecular weight excluding hydrogens is 210 g/mol. The van der Waals surface area contributed by atoms with Crippen molar-refractivity contribution in [1.82, 2.24) is 0 Å². The van der Waals surface area contributed by atoms with Gasteiger partial charge in [0, 0.05) is 6.08 Å². The third-order valence-corrected chi connectivity index (χ3v) is 3.56. The van der Waals surface area contributed by atoms with E-state index in [1.165, 1.54) is 11.1 Å². The van der Waals surface area contributed by atoms with Crippen LogP contribution < -0.4 is 4.74 Å². The molecule has 0 spiro atoms. The van der Waals surface area contributed by atoms with Crippen molar-refractivity contribution >= 4 is 5.57 Å². The number of benzene rings is 1. The van der Waals surface area contributed by atoms with Crippen molar-refractivity contribution in [2.24, 2.45) is 5.41 Å². The van der Waals surface area contributed by atoms with Gasteiger partial charge in [-0.15, -0.1) is 0 Å². The second-order valence-electron chi connectivity index (χ2n) is 5.09. The summed E-state index contributed by atoms with van der Waals surface area (Å²) in [6.45, 7) is 4.39. The van der Waals surface area contributed by atoms with Crippen molar-refractivity contribution in [3.63, 3.8) is 0 Å². The molecule has 1 aliphatic rings. The monoisotopic (exact) mass is 227 g/mol. The van der Waals surface area contributed by atoms with E-state index in [1.54, 1.807) is 13.2 Å². The Bertz CT molecular complexity index is 506. The number of fused-ring (bicyclic) bond motifs is 1. The zero-order valence-corrected chi connectivity index (χ0v) is 10.6. The molecule has 2 heteroatoms. The maximum Gasteiger partial charge on any atom is 0.119 e. The number of hydrogen-bond acceptors (Lipinski definition) is 2. The Morgan fingerprint density at radius 3 is 2.82 bits per heavy atom. The molecule has 0 heterocycles. The first-order valence-corrected chi connectivity index (χ1v) is 5.86. The fourth-order valence-electron chi connectivity index (χ4n) is 2.44. The quantitative estimate of drug-likeness (QED) is 0.687. The predicted molar refractivity (Wildman–Crippen MR) is 68.7 cm³/mol. The van der Waals surface area contributed by atoms with Crippen LogP contribution in [0.25, 0.3) is 5.57 Å². The van der Waals surface area contributed by atoms with E-state index in [9.17, 15) is 0 Å². The zero-order valence-electron chi connectivity index (χ0n) is 10.6. The van der Waals surface area contributed by atoms with E-state index in [-0.39, 0.29) is 5.41 Å². The summed E-state index contributed by atoms with van der Waals surface area (Å²) in [5, 5.41) is 8.95. The average molecular weight is 227 g/mol. The predicted octanol–water partition coefficient (Wildman–Crippen LogP) is 3.57. The summed E-state index contributed by atoms with van der Waals surface area (Å²) in [6, 6.07) is 8.30. The molecule has 1 aromatic carbocycles. The summed E-state index contributed by atoms with van der Waals surface area (Å²) < 4.78 is 5.26. The lowest BCUT2D eigenvalue weighted by Gasteiger charge is -2.34. The lowest BCUT2D eigenvalue weighted by Crippen LogP contribution is -2.21. The van der Waals surface area contributed by atoms with Crippen LogP contribution in [0.2, 0.25) is 0 Å². The fourth-order valence-corrected chi connectivity index (χ4v) is 2.44. The smallest absolute Gasteiger partial charge is 0.119 e. The summed E-state index contributed by atoms with van der Waals surface area (Å²) in [7, 11) is 1.67. The average Bonchev–Trinajstić information content (AvgIpc) is 2.32. The number of methoxy groups -OCH3 is 1. The van der Waals surface area contributed by atoms with Gasteiger partial charge in [-0.05, 0) is 47.1 Å². The molecule has 0 aliphatic heterocycles. The summed E-state index contributed by atoms with van der Waals surface area (Å²) in [6.07, 6.45) is 3.83. The molecule has 0 bridgehead atoms. The van der Waals surface area contributed by atoms with Crippen LogP contribution in [-0.4, -0.2) is 7.11 Å². The molecule has 2 rings (SSSR count).